The minimum atomic E-state index is 0.346. The lowest BCUT2D eigenvalue weighted by Gasteiger charge is -2.31. The third-order valence-corrected chi connectivity index (χ3v) is 1.88. The van der Waals surface area contributed by atoms with Gasteiger partial charge in [0.1, 0.15) is 0 Å². The number of ether oxygens (including phenoxy) is 1. The number of nitrogens with one attached hydrogen (secondary N) is 2. The van der Waals surface area contributed by atoms with Crippen LogP contribution in [0.15, 0.2) is 0 Å². The Morgan fingerprint density at radius 3 is 3.00 bits per heavy atom. The lowest BCUT2D eigenvalue weighted by Crippen LogP contribution is -2.54. The molecule has 1 rings (SSSR count). The van der Waals surface area contributed by atoms with Crippen molar-refractivity contribution in [1.82, 2.24) is 10.6 Å². The van der Waals surface area contributed by atoms with Gasteiger partial charge in [-0.25, -0.2) is 0 Å². The smallest absolute Gasteiger partial charge is 0.0857 e. The van der Waals surface area contributed by atoms with Crippen LogP contribution >= 0.6 is 0 Å². The topological polar surface area (TPSA) is 33.3 Å². The van der Waals surface area contributed by atoms with Crippen LogP contribution in [0.1, 0.15) is 13.3 Å². The normalized spacial score (nSPS) is 34.2. The molecule has 3 heteroatoms. The van der Waals surface area contributed by atoms with Gasteiger partial charge in [-0.1, -0.05) is 6.92 Å². The first-order chi connectivity index (χ1) is 4.88. The fourth-order valence-corrected chi connectivity index (χ4v) is 1.29. The zero-order valence-electron chi connectivity index (χ0n) is 6.68. The van der Waals surface area contributed by atoms with E-state index in [-0.39, 0.29) is 0 Å². The van der Waals surface area contributed by atoms with Crippen molar-refractivity contribution in [2.45, 2.75) is 25.6 Å². The number of hydrogen-bond donors (Lipinski definition) is 2. The standard InChI is InChI=1S/C7H16N2O/c1-3-6-7(8-2)9-4-5-10-6/h6-9H,3-5H2,1-2H3. The quantitative estimate of drug-likeness (QED) is 0.569. The maximum absolute atomic E-state index is 5.51. The molecule has 1 aliphatic heterocycles. The lowest BCUT2D eigenvalue weighted by atomic mass is 10.2. The van der Waals surface area contributed by atoms with E-state index in [9.17, 15) is 0 Å². The van der Waals surface area contributed by atoms with Crippen LogP contribution in [0.2, 0.25) is 0 Å². The highest BCUT2D eigenvalue weighted by Gasteiger charge is 2.21. The van der Waals surface area contributed by atoms with Crippen LogP contribution in [0.3, 0.4) is 0 Å². The molecule has 1 saturated heterocycles. The van der Waals surface area contributed by atoms with Crippen LogP contribution in [-0.4, -0.2) is 32.5 Å². The molecule has 0 spiro atoms. The second kappa shape index (κ2) is 3.91. The van der Waals surface area contributed by atoms with Crippen molar-refractivity contribution in [3.05, 3.63) is 0 Å². The Balaban J connectivity index is 2.34. The van der Waals surface area contributed by atoms with E-state index in [1.165, 1.54) is 0 Å². The Hall–Kier alpha value is -0.120. The molecule has 2 N–H and O–H groups in total. The van der Waals surface area contributed by atoms with E-state index >= 15 is 0 Å². The van der Waals surface area contributed by atoms with Gasteiger partial charge in [0.25, 0.3) is 0 Å². The number of likely N-dealkylation sites (N-methyl/N-ethyl adjacent to an activating group) is 1. The van der Waals surface area contributed by atoms with Crippen molar-refractivity contribution < 1.29 is 4.74 Å². The average molecular weight is 144 g/mol. The lowest BCUT2D eigenvalue weighted by molar-refractivity contribution is -0.0131. The summed E-state index contributed by atoms with van der Waals surface area (Å²) in [5.74, 6) is 0. The first-order valence-corrected chi connectivity index (χ1v) is 3.90. The minimum absolute atomic E-state index is 0.346. The van der Waals surface area contributed by atoms with Crippen molar-refractivity contribution in [2.75, 3.05) is 20.2 Å². The molecular formula is C7H16N2O. The van der Waals surface area contributed by atoms with Gasteiger partial charge < -0.3 is 10.1 Å². The highest BCUT2D eigenvalue weighted by atomic mass is 16.5. The molecule has 0 aromatic heterocycles. The van der Waals surface area contributed by atoms with Gasteiger partial charge in [-0.3, -0.25) is 5.32 Å². The van der Waals surface area contributed by atoms with Crippen LogP contribution in [-0.2, 0) is 4.74 Å². The summed E-state index contributed by atoms with van der Waals surface area (Å²) in [4.78, 5) is 0. The summed E-state index contributed by atoms with van der Waals surface area (Å²) >= 11 is 0. The van der Waals surface area contributed by atoms with E-state index in [0.717, 1.165) is 19.6 Å². The molecule has 2 atom stereocenters. The highest BCUT2D eigenvalue weighted by molar-refractivity contribution is 4.75. The summed E-state index contributed by atoms with van der Waals surface area (Å²) in [6.07, 6.45) is 1.76. The summed E-state index contributed by atoms with van der Waals surface area (Å²) < 4.78 is 5.51. The van der Waals surface area contributed by atoms with E-state index in [1.54, 1.807) is 0 Å². The second-order valence-corrected chi connectivity index (χ2v) is 2.54. The highest BCUT2D eigenvalue weighted by Crippen LogP contribution is 2.04. The van der Waals surface area contributed by atoms with Gasteiger partial charge >= 0.3 is 0 Å². The molecule has 0 amide bonds. The molecule has 10 heavy (non-hydrogen) atoms. The van der Waals surface area contributed by atoms with Crippen LogP contribution < -0.4 is 10.6 Å². The van der Waals surface area contributed by atoms with Crippen LogP contribution in [0.5, 0.6) is 0 Å². The Morgan fingerprint density at radius 2 is 2.50 bits per heavy atom. The maximum Gasteiger partial charge on any atom is 0.0857 e. The molecule has 3 nitrogen and oxygen atoms in total. The van der Waals surface area contributed by atoms with Crippen LogP contribution in [0.4, 0.5) is 0 Å². The van der Waals surface area contributed by atoms with Gasteiger partial charge in [0, 0.05) is 6.54 Å². The van der Waals surface area contributed by atoms with E-state index in [0.29, 0.717) is 12.3 Å². The summed E-state index contributed by atoms with van der Waals surface area (Å²) in [6.45, 7) is 3.95. The first kappa shape index (κ1) is 7.98. The number of morpholine rings is 1. The second-order valence-electron chi connectivity index (χ2n) is 2.54. The van der Waals surface area contributed by atoms with E-state index in [4.69, 9.17) is 4.74 Å². The SMILES string of the molecule is CCC1OCCNC1NC. The molecule has 60 valence electrons. The largest absolute Gasteiger partial charge is 0.374 e. The van der Waals surface area contributed by atoms with Gasteiger partial charge in [0.05, 0.1) is 18.9 Å². The number of rotatable bonds is 2. The molecule has 0 aliphatic carbocycles. The van der Waals surface area contributed by atoms with E-state index < -0.39 is 0 Å². The first-order valence-electron chi connectivity index (χ1n) is 3.90. The molecule has 1 aliphatic rings. The third kappa shape index (κ3) is 1.68. The molecule has 0 saturated carbocycles. The van der Waals surface area contributed by atoms with Crippen molar-refractivity contribution in [3.8, 4) is 0 Å². The predicted octanol–water partition coefficient (Wildman–Crippen LogP) is -0.0697. The maximum atomic E-state index is 5.51. The zero-order valence-corrected chi connectivity index (χ0v) is 6.68. The van der Waals surface area contributed by atoms with Gasteiger partial charge in [0.2, 0.25) is 0 Å². The van der Waals surface area contributed by atoms with Crippen molar-refractivity contribution in [3.63, 3.8) is 0 Å². The van der Waals surface area contributed by atoms with Gasteiger partial charge in [-0.15, -0.1) is 0 Å². The number of hydrogen-bond acceptors (Lipinski definition) is 3. The Morgan fingerprint density at radius 1 is 1.70 bits per heavy atom. The summed E-state index contributed by atoms with van der Waals surface area (Å²) in [5.41, 5.74) is 0. The fraction of sp³-hybridized carbons (Fsp3) is 1.00. The zero-order chi connectivity index (χ0) is 7.40. The van der Waals surface area contributed by atoms with Crippen molar-refractivity contribution in [2.24, 2.45) is 0 Å². The van der Waals surface area contributed by atoms with E-state index in [1.807, 2.05) is 7.05 Å². The molecule has 0 aromatic carbocycles. The van der Waals surface area contributed by atoms with Crippen LogP contribution in [0, 0.1) is 0 Å². The molecule has 1 fully saturated rings. The molecule has 0 aromatic rings. The average Bonchev–Trinajstić information content (AvgIpc) is 2.04. The summed E-state index contributed by atoms with van der Waals surface area (Å²) in [6, 6.07) is 0. The monoisotopic (exact) mass is 144 g/mol. The summed E-state index contributed by atoms with van der Waals surface area (Å²) in [7, 11) is 1.95. The Labute approximate surface area is 62.1 Å². The Bertz CT molecular complexity index is 85.6. The molecular weight excluding hydrogens is 128 g/mol. The minimum Gasteiger partial charge on any atom is -0.374 e. The Kier molecular flexibility index (Phi) is 3.12. The molecule has 0 radical (unpaired) electrons. The molecule has 1 heterocycles. The summed E-state index contributed by atoms with van der Waals surface area (Å²) in [5, 5.41) is 6.50. The van der Waals surface area contributed by atoms with Gasteiger partial charge in [0.15, 0.2) is 0 Å². The predicted molar refractivity (Wildman–Crippen MR) is 40.9 cm³/mol. The van der Waals surface area contributed by atoms with Gasteiger partial charge in [-0.2, -0.15) is 0 Å². The van der Waals surface area contributed by atoms with E-state index in [2.05, 4.69) is 17.6 Å². The van der Waals surface area contributed by atoms with Gasteiger partial charge in [-0.05, 0) is 13.5 Å². The third-order valence-electron chi connectivity index (χ3n) is 1.88. The fourth-order valence-electron chi connectivity index (χ4n) is 1.29. The van der Waals surface area contributed by atoms with Crippen molar-refractivity contribution >= 4 is 0 Å². The molecule has 2 unspecified atom stereocenters. The van der Waals surface area contributed by atoms with Crippen molar-refractivity contribution in [1.29, 1.82) is 0 Å². The van der Waals surface area contributed by atoms with Crippen LogP contribution in [0.25, 0.3) is 0 Å². The molecule has 0 bridgehead atoms.